The number of rotatable bonds is 3. The summed E-state index contributed by atoms with van der Waals surface area (Å²) in [6.07, 6.45) is 0. The highest BCUT2D eigenvalue weighted by atomic mass is 35.5. The molecule has 1 saturated heterocycles. The minimum Gasteiger partial charge on any atom is -0.336 e. The summed E-state index contributed by atoms with van der Waals surface area (Å²) in [6, 6.07) is 7.81. The third kappa shape index (κ3) is 5.86. The van der Waals surface area contributed by atoms with Gasteiger partial charge in [0, 0.05) is 24.5 Å². The first-order valence-electron chi connectivity index (χ1n) is 9.91. The molecule has 3 rings (SSSR count). The van der Waals surface area contributed by atoms with Gasteiger partial charge in [-0.1, -0.05) is 32.4 Å². The van der Waals surface area contributed by atoms with Crippen LogP contribution in [-0.4, -0.2) is 46.4 Å². The largest absolute Gasteiger partial charge is 0.336 e. The van der Waals surface area contributed by atoms with Gasteiger partial charge in [-0.25, -0.2) is 13.7 Å². The third-order valence-corrected chi connectivity index (χ3v) is 7.62. The second kappa shape index (κ2) is 10.0. The number of nitrogens with one attached hydrogen (secondary N) is 3. The monoisotopic (exact) mass is 493 g/mol. The van der Waals surface area contributed by atoms with Gasteiger partial charge in [-0.2, -0.15) is 5.26 Å². The summed E-state index contributed by atoms with van der Waals surface area (Å²) in [5.74, 6) is 0.131. The molecule has 2 heterocycles. The average Bonchev–Trinajstić information content (AvgIpc) is 3.03. The van der Waals surface area contributed by atoms with Crippen molar-refractivity contribution in [3.63, 3.8) is 0 Å². The summed E-state index contributed by atoms with van der Waals surface area (Å²) < 4.78 is 14.6. The molecule has 1 unspecified atom stereocenters. The highest BCUT2D eigenvalue weighted by molar-refractivity contribution is 7.83. The number of hydrogen-bond donors (Lipinski definition) is 3. The molecular formula is C21H24ClN5O3S2. The van der Waals surface area contributed by atoms with Crippen LogP contribution in [0.1, 0.15) is 41.6 Å². The zero-order valence-electron chi connectivity index (χ0n) is 18.0. The van der Waals surface area contributed by atoms with Gasteiger partial charge in [-0.05, 0) is 29.7 Å². The molecule has 0 bridgehead atoms. The Morgan fingerprint density at radius 1 is 1.25 bits per heavy atom. The predicted molar refractivity (Wildman–Crippen MR) is 129 cm³/mol. The molecule has 32 heavy (non-hydrogen) atoms. The lowest BCUT2D eigenvalue weighted by molar-refractivity contribution is 0.0773. The fourth-order valence-electron chi connectivity index (χ4n) is 3.00. The number of benzene rings is 1. The Kier molecular flexibility index (Phi) is 7.56. The van der Waals surface area contributed by atoms with Gasteiger partial charge in [0.2, 0.25) is 0 Å². The Morgan fingerprint density at radius 2 is 2.00 bits per heavy atom. The lowest BCUT2D eigenvalue weighted by Crippen LogP contribution is -2.35. The van der Waals surface area contributed by atoms with Crippen molar-refractivity contribution in [3.05, 3.63) is 45.3 Å². The Morgan fingerprint density at radius 3 is 2.66 bits per heavy atom. The molecule has 0 radical (unpaired) electrons. The minimum atomic E-state index is -1.16. The molecule has 8 nitrogen and oxygen atoms in total. The maximum absolute atomic E-state index is 13.3. The van der Waals surface area contributed by atoms with Crippen molar-refractivity contribution in [2.45, 2.75) is 26.2 Å². The van der Waals surface area contributed by atoms with E-state index in [2.05, 4.69) is 15.4 Å². The number of hydrogen-bond acceptors (Lipinski definition) is 5. The molecule has 1 aromatic carbocycles. The number of anilines is 2. The van der Waals surface area contributed by atoms with Crippen LogP contribution in [0.2, 0.25) is 5.02 Å². The molecule has 3 amide bonds. The molecule has 170 valence electrons. The highest BCUT2D eigenvalue weighted by Crippen LogP contribution is 2.37. The minimum absolute atomic E-state index is 0.214. The molecule has 0 aliphatic carbocycles. The van der Waals surface area contributed by atoms with Gasteiger partial charge >= 0.3 is 6.03 Å². The molecular weight excluding hydrogens is 470 g/mol. The van der Waals surface area contributed by atoms with Crippen LogP contribution < -0.4 is 15.4 Å². The van der Waals surface area contributed by atoms with Crippen LogP contribution >= 0.6 is 22.9 Å². The Labute approximate surface area is 198 Å². The number of urea groups is 1. The van der Waals surface area contributed by atoms with Crippen LogP contribution in [0.25, 0.3) is 0 Å². The van der Waals surface area contributed by atoms with E-state index < -0.39 is 17.0 Å². The highest BCUT2D eigenvalue weighted by Gasteiger charge is 2.27. The lowest BCUT2D eigenvalue weighted by Gasteiger charge is -2.20. The van der Waals surface area contributed by atoms with E-state index >= 15 is 0 Å². The van der Waals surface area contributed by atoms with Crippen LogP contribution in [0.15, 0.2) is 24.3 Å². The lowest BCUT2D eigenvalue weighted by atomic mass is 9.94. The molecule has 1 fully saturated rings. The molecule has 3 N–H and O–H groups in total. The zero-order valence-corrected chi connectivity index (χ0v) is 20.3. The number of nitriles is 1. The second-order valence-electron chi connectivity index (χ2n) is 8.23. The Balaban J connectivity index is 1.84. The SMILES string of the molecule is CC(C)(C)c1cc(C(=O)N2CCNS(=O)CC2)c(NC(=O)Nc2ccc(C#N)cc2Cl)s1. The Bertz CT molecular complexity index is 1100. The molecule has 1 aliphatic rings. The Hall–Kier alpha value is -2.45. The molecule has 0 saturated carbocycles. The average molecular weight is 494 g/mol. The number of amides is 3. The van der Waals surface area contributed by atoms with E-state index in [1.54, 1.807) is 17.0 Å². The fraction of sp³-hybridized carbons (Fsp3) is 0.381. The number of carbonyl (C=O) groups excluding carboxylic acids is 2. The number of halogens is 1. The summed E-state index contributed by atoms with van der Waals surface area (Å²) in [5.41, 5.74) is 0.919. The van der Waals surface area contributed by atoms with Gasteiger partial charge in [-0.3, -0.25) is 10.1 Å². The van der Waals surface area contributed by atoms with Crippen molar-refractivity contribution < 1.29 is 13.8 Å². The van der Waals surface area contributed by atoms with Crippen molar-refractivity contribution in [2.24, 2.45) is 0 Å². The summed E-state index contributed by atoms with van der Waals surface area (Å²) in [6.45, 7) is 7.34. The molecule has 2 aromatic rings. The van der Waals surface area contributed by atoms with Crippen molar-refractivity contribution in [3.8, 4) is 6.07 Å². The number of nitrogens with zero attached hydrogens (tertiary/aromatic N) is 2. The van der Waals surface area contributed by atoms with E-state index in [-0.39, 0.29) is 16.3 Å². The van der Waals surface area contributed by atoms with Crippen LogP contribution in [0.4, 0.5) is 15.5 Å². The van der Waals surface area contributed by atoms with Crippen molar-refractivity contribution in [1.82, 2.24) is 9.62 Å². The maximum Gasteiger partial charge on any atom is 0.324 e. The van der Waals surface area contributed by atoms with E-state index in [0.717, 1.165) is 4.88 Å². The topological polar surface area (TPSA) is 114 Å². The van der Waals surface area contributed by atoms with Crippen LogP contribution in [0.5, 0.6) is 0 Å². The zero-order chi connectivity index (χ0) is 23.5. The summed E-state index contributed by atoms with van der Waals surface area (Å²) in [4.78, 5) is 28.5. The van der Waals surface area contributed by atoms with Gasteiger partial charge in [0.25, 0.3) is 5.91 Å². The van der Waals surface area contributed by atoms with E-state index in [4.69, 9.17) is 16.9 Å². The second-order valence-corrected chi connectivity index (χ2v) is 11.1. The molecule has 1 aliphatic heterocycles. The van der Waals surface area contributed by atoms with E-state index in [9.17, 15) is 13.8 Å². The molecule has 0 spiro atoms. The van der Waals surface area contributed by atoms with Gasteiger partial charge in [0.1, 0.15) is 5.00 Å². The van der Waals surface area contributed by atoms with E-state index in [1.165, 1.54) is 17.4 Å². The van der Waals surface area contributed by atoms with E-state index in [0.29, 0.717) is 47.2 Å². The molecule has 1 atom stereocenters. The third-order valence-electron chi connectivity index (χ3n) is 4.75. The van der Waals surface area contributed by atoms with Gasteiger partial charge in [0.05, 0.1) is 44.6 Å². The summed E-state index contributed by atoms with van der Waals surface area (Å²) >= 11 is 7.49. The van der Waals surface area contributed by atoms with Crippen molar-refractivity contribution >= 4 is 56.6 Å². The van der Waals surface area contributed by atoms with Crippen LogP contribution in [0, 0.1) is 11.3 Å². The predicted octanol–water partition coefficient (Wildman–Crippen LogP) is 3.92. The molecule has 1 aromatic heterocycles. The van der Waals surface area contributed by atoms with Crippen LogP contribution in [0.3, 0.4) is 0 Å². The standard InChI is InChI=1S/C21H24ClN5O3S2/c1-21(2,3)17-11-14(19(28)27-7-6-24-32(30)9-8-27)18(31-17)26-20(29)25-16-5-4-13(12-23)10-15(16)22/h4-5,10-11,24H,6-9H2,1-3H3,(H2,25,26,29). The van der Waals surface area contributed by atoms with Crippen LogP contribution in [-0.2, 0) is 16.4 Å². The van der Waals surface area contributed by atoms with Crippen molar-refractivity contribution in [2.75, 3.05) is 36.0 Å². The molecule has 11 heteroatoms. The number of carbonyl (C=O) groups is 2. The maximum atomic E-state index is 13.3. The van der Waals surface area contributed by atoms with Gasteiger partial charge in [-0.15, -0.1) is 11.3 Å². The first kappa shape index (κ1) is 24.2. The fourth-order valence-corrected chi connectivity index (χ4v) is 5.18. The smallest absolute Gasteiger partial charge is 0.324 e. The summed E-state index contributed by atoms with van der Waals surface area (Å²) in [7, 11) is -1.16. The first-order valence-corrected chi connectivity index (χ1v) is 12.4. The van der Waals surface area contributed by atoms with E-state index in [1.807, 2.05) is 32.9 Å². The quantitative estimate of drug-likeness (QED) is 0.601. The van der Waals surface area contributed by atoms with Gasteiger partial charge in [0.15, 0.2) is 0 Å². The van der Waals surface area contributed by atoms with Crippen molar-refractivity contribution in [1.29, 1.82) is 5.26 Å². The summed E-state index contributed by atoms with van der Waals surface area (Å²) in [5, 5.41) is 15.1. The number of thiophene rings is 1. The normalized spacial score (nSPS) is 16.7. The first-order chi connectivity index (χ1) is 15.1. The van der Waals surface area contributed by atoms with Gasteiger partial charge < -0.3 is 10.2 Å².